The molecule has 0 aliphatic carbocycles. The van der Waals surface area contributed by atoms with E-state index in [0.29, 0.717) is 13.1 Å². The van der Waals surface area contributed by atoms with Crippen molar-refractivity contribution in [2.24, 2.45) is 5.73 Å². The van der Waals surface area contributed by atoms with Crippen LogP contribution in [0, 0.1) is 10.1 Å². The second kappa shape index (κ2) is 7.59. The summed E-state index contributed by atoms with van der Waals surface area (Å²) in [6, 6.07) is 4.05. The second-order valence-corrected chi connectivity index (χ2v) is 5.24. The van der Waals surface area contributed by atoms with Crippen molar-refractivity contribution < 1.29 is 9.72 Å². The molecule has 0 aromatic heterocycles. The fourth-order valence-electron chi connectivity index (χ4n) is 2.50. The number of nitro benzene ring substituents is 1. The summed E-state index contributed by atoms with van der Waals surface area (Å²) in [5.74, 6) is -0.344. The number of halogens is 2. The van der Waals surface area contributed by atoms with Crippen LogP contribution in [0.1, 0.15) is 29.6 Å². The number of piperidine rings is 1. The highest BCUT2D eigenvalue weighted by Crippen LogP contribution is 2.27. The Balaban J connectivity index is 0.00000220. The highest BCUT2D eigenvalue weighted by Gasteiger charge is 2.30. The van der Waals surface area contributed by atoms with Crippen molar-refractivity contribution in [1.29, 1.82) is 0 Å². The van der Waals surface area contributed by atoms with E-state index in [9.17, 15) is 14.9 Å². The molecular weight excluding hydrogens is 317 g/mol. The number of carbonyl (C=O) groups excluding carboxylic acids is 1. The third-order valence-electron chi connectivity index (χ3n) is 3.55. The summed E-state index contributed by atoms with van der Waals surface area (Å²) in [5, 5.41) is 11.3. The van der Waals surface area contributed by atoms with E-state index in [1.165, 1.54) is 18.2 Å². The standard InChI is InChI=1S/C13H16ClN3O3.ClH/c14-9-4-5-11(12(7-9)17(19)20)13(18)16-6-2-1-3-10(16)8-15;/h4-5,7,10H,1-3,6,8,15H2;1H. The molecule has 1 aliphatic heterocycles. The van der Waals surface area contributed by atoms with Crippen LogP contribution in [-0.2, 0) is 0 Å². The van der Waals surface area contributed by atoms with E-state index in [0.717, 1.165) is 19.3 Å². The van der Waals surface area contributed by atoms with Gasteiger partial charge in [0, 0.05) is 30.2 Å². The summed E-state index contributed by atoms with van der Waals surface area (Å²) < 4.78 is 0. The van der Waals surface area contributed by atoms with Crippen molar-refractivity contribution in [3.05, 3.63) is 38.9 Å². The third kappa shape index (κ3) is 3.84. The lowest BCUT2D eigenvalue weighted by molar-refractivity contribution is -0.385. The van der Waals surface area contributed by atoms with Gasteiger partial charge in [0.25, 0.3) is 11.6 Å². The molecule has 0 radical (unpaired) electrons. The zero-order valence-corrected chi connectivity index (χ0v) is 12.9. The van der Waals surface area contributed by atoms with Gasteiger partial charge in [0.2, 0.25) is 0 Å². The molecule has 2 N–H and O–H groups in total. The smallest absolute Gasteiger partial charge is 0.283 e. The predicted octanol–water partition coefficient (Wildman–Crippen LogP) is 2.62. The van der Waals surface area contributed by atoms with Gasteiger partial charge in [0.05, 0.1) is 4.92 Å². The number of hydrogen-bond acceptors (Lipinski definition) is 4. The lowest BCUT2D eigenvalue weighted by Crippen LogP contribution is -2.47. The average molecular weight is 334 g/mol. The summed E-state index contributed by atoms with van der Waals surface area (Å²) >= 11 is 5.76. The molecule has 0 spiro atoms. The summed E-state index contributed by atoms with van der Waals surface area (Å²) in [6.45, 7) is 0.952. The SMILES string of the molecule is Cl.NCC1CCCCN1C(=O)c1ccc(Cl)cc1[N+](=O)[O-]. The number of carbonyl (C=O) groups is 1. The first-order valence-electron chi connectivity index (χ1n) is 6.49. The Bertz CT molecular complexity index is 539. The number of nitro groups is 1. The highest BCUT2D eigenvalue weighted by atomic mass is 35.5. The van der Waals surface area contributed by atoms with Crippen LogP contribution in [0.2, 0.25) is 5.02 Å². The number of nitrogens with zero attached hydrogens (tertiary/aromatic N) is 2. The van der Waals surface area contributed by atoms with Gasteiger partial charge < -0.3 is 10.6 Å². The van der Waals surface area contributed by atoms with Crippen LogP contribution in [0.3, 0.4) is 0 Å². The molecule has 1 fully saturated rings. The first kappa shape index (κ1) is 17.7. The van der Waals surface area contributed by atoms with Crippen molar-refractivity contribution in [3.63, 3.8) is 0 Å². The van der Waals surface area contributed by atoms with Gasteiger partial charge in [0.15, 0.2) is 0 Å². The highest BCUT2D eigenvalue weighted by molar-refractivity contribution is 6.31. The molecule has 1 aromatic rings. The van der Waals surface area contributed by atoms with E-state index in [-0.39, 0.29) is 40.6 Å². The Labute approximate surface area is 133 Å². The minimum atomic E-state index is -0.583. The summed E-state index contributed by atoms with van der Waals surface area (Å²) in [5.41, 5.74) is 5.49. The largest absolute Gasteiger partial charge is 0.334 e. The zero-order valence-electron chi connectivity index (χ0n) is 11.3. The van der Waals surface area contributed by atoms with Crippen LogP contribution in [0.15, 0.2) is 18.2 Å². The van der Waals surface area contributed by atoms with Crippen LogP contribution >= 0.6 is 24.0 Å². The van der Waals surface area contributed by atoms with Gasteiger partial charge in [-0.25, -0.2) is 0 Å². The molecule has 1 atom stereocenters. The maximum atomic E-state index is 12.5. The number of benzene rings is 1. The van der Waals surface area contributed by atoms with E-state index in [1.54, 1.807) is 4.90 Å². The van der Waals surface area contributed by atoms with Gasteiger partial charge in [-0.15, -0.1) is 12.4 Å². The van der Waals surface area contributed by atoms with Crippen molar-refractivity contribution in [1.82, 2.24) is 4.90 Å². The lowest BCUT2D eigenvalue weighted by atomic mass is 10.0. The molecule has 1 aliphatic rings. The van der Waals surface area contributed by atoms with E-state index in [2.05, 4.69) is 0 Å². The second-order valence-electron chi connectivity index (χ2n) is 4.80. The van der Waals surface area contributed by atoms with E-state index in [4.69, 9.17) is 17.3 Å². The lowest BCUT2D eigenvalue weighted by Gasteiger charge is -2.35. The predicted molar refractivity (Wildman–Crippen MR) is 83.1 cm³/mol. The van der Waals surface area contributed by atoms with Crippen LogP contribution in [-0.4, -0.2) is 34.9 Å². The molecule has 1 aromatic carbocycles. The number of nitrogens with two attached hydrogens (primary N) is 1. The fourth-order valence-corrected chi connectivity index (χ4v) is 2.67. The Morgan fingerprint density at radius 1 is 1.48 bits per heavy atom. The number of rotatable bonds is 3. The van der Waals surface area contributed by atoms with Crippen LogP contribution < -0.4 is 5.73 Å². The van der Waals surface area contributed by atoms with Crippen molar-refractivity contribution in [3.8, 4) is 0 Å². The van der Waals surface area contributed by atoms with E-state index in [1.807, 2.05) is 0 Å². The summed E-state index contributed by atoms with van der Waals surface area (Å²) in [7, 11) is 0. The maximum Gasteiger partial charge on any atom is 0.283 e. The summed E-state index contributed by atoms with van der Waals surface area (Å²) in [4.78, 5) is 24.6. The van der Waals surface area contributed by atoms with Crippen LogP contribution in [0.4, 0.5) is 5.69 Å². The Hall–Kier alpha value is -1.37. The maximum absolute atomic E-state index is 12.5. The third-order valence-corrected chi connectivity index (χ3v) is 3.78. The molecule has 1 unspecified atom stereocenters. The fraction of sp³-hybridized carbons (Fsp3) is 0.462. The monoisotopic (exact) mass is 333 g/mol. The molecule has 1 amide bonds. The molecule has 116 valence electrons. The van der Waals surface area contributed by atoms with Crippen molar-refractivity contribution >= 4 is 35.6 Å². The minimum Gasteiger partial charge on any atom is -0.334 e. The van der Waals surface area contributed by atoms with Crippen LogP contribution in [0.5, 0.6) is 0 Å². The molecule has 8 heteroatoms. The molecule has 21 heavy (non-hydrogen) atoms. The minimum absolute atomic E-state index is 0. The normalized spacial score (nSPS) is 18.0. The van der Waals surface area contributed by atoms with Gasteiger partial charge in [0.1, 0.15) is 5.56 Å². The molecule has 1 heterocycles. The molecular formula is C13H17Cl2N3O3. The van der Waals surface area contributed by atoms with Crippen molar-refractivity contribution in [2.45, 2.75) is 25.3 Å². The average Bonchev–Trinajstić information content (AvgIpc) is 2.46. The molecule has 6 nitrogen and oxygen atoms in total. The molecule has 0 saturated carbocycles. The quantitative estimate of drug-likeness (QED) is 0.680. The first-order chi connectivity index (χ1) is 9.54. The number of likely N-dealkylation sites (tertiary alicyclic amines) is 1. The van der Waals surface area contributed by atoms with Gasteiger partial charge >= 0.3 is 0 Å². The number of hydrogen-bond donors (Lipinski definition) is 1. The molecule has 2 rings (SSSR count). The van der Waals surface area contributed by atoms with Crippen LogP contribution in [0.25, 0.3) is 0 Å². The first-order valence-corrected chi connectivity index (χ1v) is 6.87. The van der Waals surface area contributed by atoms with Gasteiger partial charge in [-0.1, -0.05) is 11.6 Å². The summed E-state index contributed by atoms with van der Waals surface area (Å²) in [6.07, 6.45) is 2.75. The number of amides is 1. The topological polar surface area (TPSA) is 89.5 Å². The van der Waals surface area contributed by atoms with Gasteiger partial charge in [-0.05, 0) is 31.4 Å². The van der Waals surface area contributed by atoms with E-state index < -0.39 is 4.92 Å². The molecule has 1 saturated heterocycles. The Morgan fingerprint density at radius 3 is 2.81 bits per heavy atom. The Kier molecular flexibility index (Phi) is 6.39. The zero-order chi connectivity index (χ0) is 14.7. The van der Waals surface area contributed by atoms with E-state index >= 15 is 0 Å². The molecule has 0 bridgehead atoms. The van der Waals surface area contributed by atoms with Crippen molar-refractivity contribution in [2.75, 3.05) is 13.1 Å². The van der Waals surface area contributed by atoms with Gasteiger partial charge in [-0.2, -0.15) is 0 Å². The van der Waals surface area contributed by atoms with Gasteiger partial charge in [-0.3, -0.25) is 14.9 Å². The Morgan fingerprint density at radius 2 is 2.19 bits per heavy atom.